The van der Waals surface area contributed by atoms with E-state index in [9.17, 15) is 5.11 Å². The second kappa shape index (κ2) is 8.25. The number of aliphatic hydroxyl groups is 1. The van der Waals surface area contributed by atoms with Crippen LogP contribution in [0.15, 0.2) is 18.2 Å². The van der Waals surface area contributed by atoms with E-state index in [1.54, 1.807) is 7.11 Å². The fourth-order valence-corrected chi connectivity index (χ4v) is 2.73. The first kappa shape index (κ1) is 16.1. The van der Waals surface area contributed by atoms with Crippen LogP contribution in [0.2, 0.25) is 0 Å². The van der Waals surface area contributed by atoms with Crippen LogP contribution < -0.4 is 9.47 Å². The molecule has 21 heavy (non-hydrogen) atoms. The molecular weight excluding hydrogens is 266 g/mol. The van der Waals surface area contributed by atoms with Gasteiger partial charge in [-0.15, -0.1) is 0 Å². The van der Waals surface area contributed by atoms with E-state index in [2.05, 4.69) is 24.0 Å². The Bertz CT molecular complexity index is 428. The standard InChI is InChI=1S/C17H27NO3/c1-3-10-21-17-11-15(4-5-16(17)20-2)12-18-8-6-14(13-19)7-9-18/h4-5,11,14,19H,3,6-10,12-13H2,1-2H3. The first-order valence-electron chi connectivity index (χ1n) is 7.89. The summed E-state index contributed by atoms with van der Waals surface area (Å²) >= 11 is 0. The normalized spacial score (nSPS) is 16.9. The zero-order chi connectivity index (χ0) is 15.1. The van der Waals surface area contributed by atoms with Gasteiger partial charge >= 0.3 is 0 Å². The van der Waals surface area contributed by atoms with E-state index in [1.807, 2.05) is 6.07 Å². The molecule has 4 heteroatoms. The maximum atomic E-state index is 9.19. The molecular formula is C17H27NO3. The summed E-state index contributed by atoms with van der Waals surface area (Å²) in [5, 5.41) is 9.19. The Morgan fingerprint density at radius 1 is 1.24 bits per heavy atom. The monoisotopic (exact) mass is 293 g/mol. The molecule has 0 radical (unpaired) electrons. The van der Waals surface area contributed by atoms with Gasteiger partial charge in [0, 0.05) is 13.2 Å². The zero-order valence-electron chi connectivity index (χ0n) is 13.2. The van der Waals surface area contributed by atoms with Crippen molar-refractivity contribution in [3.8, 4) is 11.5 Å². The van der Waals surface area contributed by atoms with E-state index in [0.717, 1.165) is 50.4 Å². The Labute approximate surface area is 127 Å². The number of likely N-dealkylation sites (tertiary alicyclic amines) is 1. The highest BCUT2D eigenvalue weighted by Gasteiger charge is 2.18. The molecule has 1 aromatic rings. The Morgan fingerprint density at radius 2 is 2.00 bits per heavy atom. The number of nitrogens with zero attached hydrogens (tertiary/aromatic N) is 1. The topological polar surface area (TPSA) is 41.9 Å². The maximum absolute atomic E-state index is 9.19. The van der Waals surface area contributed by atoms with E-state index in [0.29, 0.717) is 19.1 Å². The smallest absolute Gasteiger partial charge is 0.161 e. The van der Waals surface area contributed by atoms with E-state index in [1.165, 1.54) is 5.56 Å². The fourth-order valence-electron chi connectivity index (χ4n) is 2.73. The minimum Gasteiger partial charge on any atom is -0.493 e. The predicted molar refractivity (Wildman–Crippen MR) is 83.9 cm³/mol. The second-order valence-electron chi connectivity index (χ2n) is 5.74. The summed E-state index contributed by atoms with van der Waals surface area (Å²) < 4.78 is 11.1. The molecule has 1 aliphatic rings. The summed E-state index contributed by atoms with van der Waals surface area (Å²) in [5.41, 5.74) is 1.25. The fraction of sp³-hybridized carbons (Fsp3) is 0.647. The molecule has 0 bridgehead atoms. The van der Waals surface area contributed by atoms with Gasteiger partial charge in [-0.1, -0.05) is 13.0 Å². The lowest BCUT2D eigenvalue weighted by molar-refractivity contribution is 0.127. The van der Waals surface area contributed by atoms with Crippen molar-refractivity contribution in [2.75, 3.05) is 33.4 Å². The average molecular weight is 293 g/mol. The van der Waals surface area contributed by atoms with Gasteiger partial charge in [-0.25, -0.2) is 0 Å². The first-order chi connectivity index (χ1) is 10.3. The van der Waals surface area contributed by atoms with Crippen molar-refractivity contribution in [2.45, 2.75) is 32.7 Å². The van der Waals surface area contributed by atoms with Gasteiger partial charge in [0.1, 0.15) is 0 Å². The van der Waals surface area contributed by atoms with Crippen molar-refractivity contribution in [1.82, 2.24) is 4.90 Å². The van der Waals surface area contributed by atoms with Gasteiger partial charge in [-0.05, 0) is 56.0 Å². The number of piperidine rings is 1. The van der Waals surface area contributed by atoms with Gasteiger partial charge in [0.2, 0.25) is 0 Å². The minimum atomic E-state index is 0.325. The van der Waals surface area contributed by atoms with Crippen molar-refractivity contribution in [3.63, 3.8) is 0 Å². The molecule has 1 N–H and O–H groups in total. The summed E-state index contributed by atoms with van der Waals surface area (Å²) in [6, 6.07) is 6.18. The molecule has 0 unspecified atom stereocenters. The van der Waals surface area contributed by atoms with Gasteiger partial charge in [0.15, 0.2) is 11.5 Å². The summed E-state index contributed by atoms with van der Waals surface area (Å²) in [6.07, 6.45) is 3.17. The van der Waals surface area contributed by atoms with Gasteiger partial charge < -0.3 is 14.6 Å². The summed E-state index contributed by atoms with van der Waals surface area (Å²) in [7, 11) is 1.67. The third-order valence-corrected chi connectivity index (χ3v) is 4.06. The molecule has 0 saturated carbocycles. The maximum Gasteiger partial charge on any atom is 0.161 e. The quantitative estimate of drug-likeness (QED) is 0.839. The van der Waals surface area contributed by atoms with Gasteiger partial charge in [-0.3, -0.25) is 4.90 Å². The van der Waals surface area contributed by atoms with Crippen LogP contribution in [-0.4, -0.2) is 43.4 Å². The molecule has 1 heterocycles. The highest BCUT2D eigenvalue weighted by molar-refractivity contribution is 5.43. The Hall–Kier alpha value is -1.26. The number of rotatable bonds is 7. The van der Waals surface area contributed by atoms with Crippen LogP contribution in [0.1, 0.15) is 31.7 Å². The molecule has 0 aromatic heterocycles. The number of methoxy groups -OCH3 is 1. The third kappa shape index (κ3) is 4.61. The average Bonchev–Trinajstić information content (AvgIpc) is 2.54. The van der Waals surface area contributed by atoms with Crippen molar-refractivity contribution in [3.05, 3.63) is 23.8 Å². The number of benzene rings is 1. The summed E-state index contributed by atoms with van der Waals surface area (Å²) in [5.74, 6) is 2.12. The number of hydrogen-bond acceptors (Lipinski definition) is 4. The second-order valence-corrected chi connectivity index (χ2v) is 5.74. The molecule has 2 rings (SSSR count). The van der Waals surface area contributed by atoms with Crippen LogP contribution in [-0.2, 0) is 6.54 Å². The van der Waals surface area contributed by atoms with Crippen LogP contribution >= 0.6 is 0 Å². The molecule has 0 atom stereocenters. The summed E-state index contributed by atoms with van der Waals surface area (Å²) in [4.78, 5) is 2.44. The lowest BCUT2D eigenvalue weighted by atomic mass is 9.97. The van der Waals surface area contributed by atoms with Gasteiger partial charge in [0.05, 0.1) is 13.7 Å². The first-order valence-corrected chi connectivity index (χ1v) is 7.89. The molecule has 0 amide bonds. The van der Waals surface area contributed by atoms with E-state index in [4.69, 9.17) is 9.47 Å². The zero-order valence-corrected chi connectivity index (χ0v) is 13.2. The molecule has 118 valence electrons. The third-order valence-electron chi connectivity index (χ3n) is 4.06. The van der Waals surface area contributed by atoms with Crippen molar-refractivity contribution in [2.24, 2.45) is 5.92 Å². The SMILES string of the molecule is CCCOc1cc(CN2CCC(CO)CC2)ccc1OC. The van der Waals surface area contributed by atoms with E-state index < -0.39 is 0 Å². The molecule has 0 aliphatic carbocycles. The van der Waals surface area contributed by atoms with Crippen molar-refractivity contribution in [1.29, 1.82) is 0 Å². The highest BCUT2D eigenvalue weighted by atomic mass is 16.5. The number of aliphatic hydroxyl groups excluding tert-OH is 1. The summed E-state index contributed by atoms with van der Waals surface area (Å²) in [6.45, 7) is 6.18. The number of hydrogen-bond donors (Lipinski definition) is 1. The van der Waals surface area contributed by atoms with Gasteiger partial charge in [0.25, 0.3) is 0 Å². The molecule has 1 aliphatic heterocycles. The van der Waals surface area contributed by atoms with E-state index in [-0.39, 0.29) is 0 Å². The molecule has 4 nitrogen and oxygen atoms in total. The van der Waals surface area contributed by atoms with Crippen LogP contribution in [0, 0.1) is 5.92 Å². The molecule has 1 saturated heterocycles. The number of ether oxygens (including phenoxy) is 2. The lowest BCUT2D eigenvalue weighted by Gasteiger charge is -2.31. The van der Waals surface area contributed by atoms with Crippen LogP contribution in [0.3, 0.4) is 0 Å². The Kier molecular flexibility index (Phi) is 6.33. The highest BCUT2D eigenvalue weighted by Crippen LogP contribution is 2.29. The largest absolute Gasteiger partial charge is 0.493 e. The minimum absolute atomic E-state index is 0.325. The van der Waals surface area contributed by atoms with Crippen molar-refractivity contribution < 1.29 is 14.6 Å². The lowest BCUT2D eigenvalue weighted by Crippen LogP contribution is -2.34. The molecule has 1 fully saturated rings. The van der Waals surface area contributed by atoms with Gasteiger partial charge in [-0.2, -0.15) is 0 Å². The van der Waals surface area contributed by atoms with Crippen LogP contribution in [0.5, 0.6) is 11.5 Å². The predicted octanol–water partition coefficient (Wildman–Crippen LogP) is 2.69. The Balaban J connectivity index is 1.96. The molecule has 0 spiro atoms. The molecule has 1 aromatic carbocycles. The van der Waals surface area contributed by atoms with Crippen LogP contribution in [0.25, 0.3) is 0 Å². The Morgan fingerprint density at radius 3 is 2.62 bits per heavy atom. The van der Waals surface area contributed by atoms with Crippen molar-refractivity contribution >= 4 is 0 Å². The van der Waals surface area contributed by atoms with Crippen LogP contribution in [0.4, 0.5) is 0 Å². The van der Waals surface area contributed by atoms with E-state index >= 15 is 0 Å².